The minimum absolute atomic E-state index is 0.320. The first-order valence-corrected chi connectivity index (χ1v) is 8.17. The molecule has 11 nitrogen and oxygen atoms in total. The van der Waals surface area contributed by atoms with Crippen LogP contribution in [-0.2, 0) is 19.4 Å². The third kappa shape index (κ3) is 4.11. The van der Waals surface area contributed by atoms with Crippen molar-refractivity contribution in [3.05, 3.63) is 43.5 Å². The maximum absolute atomic E-state index is 13.0. The molecule has 0 N–H and O–H groups in total. The van der Waals surface area contributed by atoms with Crippen molar-refractivity contribution in [2.24, 2.45) is 0 Å². The smallest absolute Gasteiger partial charge is 0.465 e. The number of sulfone groups is 1. The van der Waals surface area contributed by atoms with E-state index in [0.717, 1.165) is 6.92 Å². The SMILES string of the molecule is CCOC(=O)C(c1c([N+](=O)[O-])cc(C#N)cc1[N+](=O)[O-])S(=O)(=O)C(F)(F)F. The second-order valence-electron chi connectivity index (χ2n) is 4.68. The highest BCUT2D eigenvalue weighted by molar-refractivity contribution is 7.93. The number of hydrogen-bond acceptors (Lipinski definition) is 9. The predicted molar refractivity (Wildman–Crippen MR) is 78.8 cm³/mol. The third-order valence-corrected chi connectivity index (χ3v) is 4.75. The Balaban J connectivity index is 4.09. The van der Waals surface area contributed by atoms with Crippen LogP contribution in [0.15, 0.2) is 12.1 Å². The zero-order chi connectivity index (χ0) is 21.2. The van der Waals surface area contributed by atoms with Gasteiger partial charge in [0.2, 0.25) is 5.25 Å². The van der Waals surface area contributed by atoms with Crippen LogP contribution in [0.2, 0.25) is 0 Å². The molecule has 0 radical (unpaired) electrons. The molecule has 1 unspecified atom stereocenters. The lowest BCUT2D eigenvalue weighted by molar-refractivity contribution is -0.395. The highest BCUT2D eigenvalue weighted by Gasteiger charge is 2.58. The van der Waals surface area contributed by atoms with E-state index in [2.05, 4.69) is 4.74 Å². The lowest BCUT2D eigenvalue weighted by Gasteiger charge is -2.18. The van der Waals surface area contributed by atoms with E-state index in [0.29, 0.717) is 12.1 Å². The first-order chi connectivity index (χ1) is 12.3. The molecule has 1 aromatic carbocycles. The molecular formula is C12H8F3N3O8S. The Hall–Kier alpha value is -3.28. The highest BCUT2D eigenvalue weighted by Crippen LogP contribution is 2.44. The van der Waals surface area contributed by atoms with Crippen molar-refractivity contribution in [2.45, 2.75) is 17.7 Å². The van der Waals surface area contributed by atoms with Gasteiger partial charge in [0.15, 0.2) is 0 Å². The summed E-state index contributed by atoms with van der Waals surface area (Å²) in [6, 6.07) is 1.95. The number of carbonyl (C=O) groups excluding carboxylic acids is 1. The van der Waals surface area contributed by atoms with E-state index in [-0.39, 0.29) is 0 Å². The summed E-state index contributed by atoms with van der Waals surface area (Å²) in [6.45, 7) is 0.497. The molecule has 0 bridgehead atoms. The van der Waals surface area contributed by atoms with Crippen molar-refractivity contribution in [3.8, 4) is 6.07 Å². The minimum Gasteiger partial charge on any atom is -0.465 e. The number of ether oxygens (including phenoxy) is 1. The second kappa shape index (κ2) is 7.53. The van der Waals surface area contributed by atoms with E-state index in [4.69, 9.17) is 5.26 Å². The maximum Gasteiger partial charge on any atom is 0.498 e. The number of benzene rings is 1. The molecule has 0 heterocycles. The molecule has 0 saturated carbocycles. The van der Waals surface area contributed by atoms with Gasteiger partial charge in [-0.05, 0) is 6.92 Å². The van der Waals surface area contributed by atoms with Gasteiger partial charge in [0, 0.05) is 12.1 Å². The van der Waals surface area contributed by atoms with Gasteiger partial charge in [0.1, 0.15) is 5.56 Å². The van der Waals surface area contributed by atoms with Crippen molar-refractivity contribution in [1.29, 1.82) is 5.26 Å². The van der Waals surface area contributed by atoms with E-state index >= 15 is 0 Å². The Morgan fingerprint density at radius 2 is 1.70 bits per heavy atom. The van der Waals surface area contributed by atoms with Crippen LogP contribution in [0, 0.1) is 31.6 Å². The molecule has 146 valence electrons. The van der Waals surface area contributed by atoms with E-state index in [1.165, 1.54) is 6.07 Å². The molecule has 0 aliphatic rings. The Morgan fingerprint density at radius 1 is 1.26 bits per heavy atom. The number of nitro groups is 2. The van der Waals surface area contributed by atoms with Gasteiger partial charge in [-0.25, -0.2) is 8.42 Å². The van der Waals surface area contributed by atoms with Gasteiger partial charge in [0.25, 0.3) is 21.2 Å². The molecule has 1 aromatic rings. The van der Waals surface area contributed by atoms with Gasteiger partial charge in [-0.15, -0.1) is 0 Å². The first-order valence-electron chi connectivity index (χ1n) is 6.63. The number of rotatable bonds is 6. The van der Waals surface area contributed by atoms with E-state index in [1.807, 2.05) is 0 Å². The van der Waals surface area contributed by atoms with E-state index < -0.39 is 65.5 Å². The summed E-state index contributed by atoms with van der Waals surface area (Å²) in [7, 11) is -6.51. The summed E-state index contributed by atoms with van der Waals surface area (Å²) >= 11 is 0. The van der Waals surface area contributed by atoms with Gasteiger partial charge in [-0.1, -0.05) is 0 Å². The normalized spacial score (nSPS) is 12.7. The number of nitrogens with zero attached hydrogens (tertiary/aromatic N) is 3. The topological polar surface area (TPSA) is 171 Å². The van der Waals surface area contributed by atoms with E-state index in [9.17, 15) is 46.6 Å². The molecule has 27 heavy (non-hydrogen) atoms. The van der Waals surface area contributed by atoms with Crippen LogP contribution in [0.5, 0.6) is 0 Å². The number of esters is 1. The fraction of sp³-hybridized carbons (Fsp3) is 0.333. The highest BCUT2D eigenvalue weighted by atomic mass is 32.2. The molecule has 0 aliphatic heterocycles. The fourth-order valence-corrected chi connectivity index (χ4v) is 3.15. The molecule has 1 rings (SSSR count). The van der Waals surface area contributed by atoms with Crippen LogP contribution in [-0.4, -0.2) is 36.3 Å². The largest absolute Gasteiger partial charge is 0.498 e. The average molecular weight is 411 g/mol. The fourth-order valence-electron chi connectivity index (χ4n) is 2.01. The summed E-state index contributed by atoms with van der Waals surface area (Å²) < 4.78 is 66.9. The van der Waals surface area contributed by atoms with Gasteiger partial charge in [0.05, 0.1) is 28.1 Å². The molecule has 0 aliphatic carbocycles. The number of halogens is 3. The van der Waals surface area contributed by atoms with Crippen LogP contribution < -0.4 is 0 Å². The number of hydrogen-bond donors (Lipinski definition) is 0. The van der Waals surface area contributed by atoms with Crippen LogP contribution in [0.25, 0.3) is 0 Å². The summed E-state index contributed by atoms with van der Waals surface area (Å²) in [4.78, 5) is 31.4. The average Bonchev–Trinajstić information content (AvgIpc) is 2.53. The molecule has 15 heteroatoms. The molecule has 0 saturated heterocycles. The molecule has 0 aromatic heterocycles. The molecule has 0 fully saturated rings. The van der Waals surface area contributed by atoms with Gasteiger partial charge in [-0.3, -0.25) is 25.0 Å². The zero-order valence-electron chi connectivity index (χ0n) is 13.1. The number of nitro benzene ring substituents is 2. The molecule has 0 amide bonds. The predicted octanol–water partition coefficient (Wildman–Crippen LogP) is 1.91. The summed E-state index contributed by atoms with van der Waals surface area (Å²) in [5.41, 5.74) is -11.5. The standard InChI is InChI=1S/C12H8F3N3O8S/c1-2-26-11(19)10(27(24,25)12(13,14)15)9-7(17(20)21)3-6(5-16)4-8(9)18(22)23/h3-4,10H,2H2,1H3. The maximum atomic E-state index is 13.0. The van der Waals surface area contributed by atoms with Crippen LogP contribution in [0.1, 0.15) is 23.3 Å². The van der Waals surface area contributed by atoms with Crippen molar-refractivity contribution in [3.63, 3.8) is 0 Å². The summed E-state index contributed by atoms with van der Waals surface area (Å²) in [6.07, 6.45) is 0. The minimum atomic E-state index is -6.51. The molecular weight excluding hydrogens is 403 g/mol. The van der Waals surface area contributed by atoms with E-state index in [1.54, 1.807) is 0 Å². The number of nitriles is 1. The monoisotopic (exact) mass is 411 g/mol. The molecule has 0 spiro atoms. The Bertz CT molecular complexity index is 917. The van der Waals surface area contributed by atoms with Crippen molar-refractivity contribution < 1.29 is 41.0 Å². The lowest BCUT2D eigenvalue weighted by Crippen LogP contribution is -2.35. The number of carbonyl (C=O) groups is 1. The lowest BCUT2D eigenvalue weighted by atomic mass is 10.0. The van der Waals surface area contributed by atoms with Crippen molar-refractivity contribution >= 4 is 27.2 Å². The van der Waals surface area contributed by atoms with Gasteiger partial charge in [-0.2, -0.15) is 18.4 Å². The second-order valence-corrected chi connectivity index (χ2v) is 6.70. The third-order valence-electron chi connectivity index (χ3n) is 3.05. The molecule has 1 atom stereocenters. The Labute approximate surface area is 148 Å². The Kier molecular flexibility index (Phi) is 6.07. The Morgan fingerprint density at radius 3 is 2.00 bits per heavy atom. The quantitative estimate of drug-likeness (QED) is 0.385. The van der Waals surface area contributed by atoms with Crippen molar-refractivity contribution in [1.82, 2.24) is 0 Å². The van der Waals surface area contributed by atoms with Crippen LogP contribution in [0.3, 0.4) is 0 Å². The first kappa shape index (κ1) is 21.8. The van der Waals surface area contributed by atoms with Crippen LogP contribution in [0.4, 0.5) is 24.5 Å². The summed E-state index contributed by atoms with van der Waals surface area (Å²) in [5, 5.41) is 27.7. The van der Waals surface area contributed by atoms with Gasteiger partial charge < -0.3 is 4.74 Å². The van der Waals surface area contributed by atoms with Gasteiger partial charge >= 0.3 is 11.5 Å². The number of alkyl halides is 3. The van der Waals surface area contributed by atoms with Crippen LogP contribution >= 0.6 is 0 Å². The van der Waals surface area contributed by atoms with Crippen molar-refractivity contribution in [2.75, 3.05) is 6.61 Å². The zero-order valence-corrected chi connectivity index (χ0v) is 13.9. The summed E-state index contributed by atoms with van der Waals surface area (Å²) in [5.74, 6) is -2.09.